The van der Waals surface area contributed by atoms with Crippen molar-refractivity contribution in [3.63, 3.8) is 0 Å². The highest BCUT2D eigenvalue weighted by Crippen LogP contribution is 2.24. The zero-order valence-electron chi connectivity index (χ0n) is 13.3. The molecule has 1 saturated heterocycles. The maximum absolute atomic E-state index is 12.6. The molecule has 2 aromatic rings. The van der Waals surface area contributed by atoms with Crippen molar-refractivity contribution in [2.24, 2.45) is 11.7 Å². The van der Waals surface area contributed by atoms with Crippen LogP contribution in [0.15, 0.2) is 29.8 Å². The number of hydrogen-bond donors (Lipinski definition) is 1. The normalized spacial score (nSPS) is 21.4. The molecular weight excluding hydrogens is 308 g/mol. The van der Waals surface area contributed by atoms with Gasteiger partial charge in [-0.05, 0) is 30.9 Å². The number of carbonyl (C=O) groups excluding carboxylic acids is 1. The van der Waals surface area contributed by atoms with Crippen LogP contribution in [0, 0.1) is 5.92 Å². The summed E-state index contributed by atoms with van der Waals surface area (Å²) in [5.41, 5.74) is 7.52. The number of piperidine rings is 1. The molecule has 2 unspecified atom stereocenters. The second-order valence-electron chi connectivity index (χ2n) is 6.14. The lowest BCUT2D eigenvalue weighted by atomic mass is 9.92. The van der Waals surface area contributed by atoms with Gasteiger partial charge in [-0.15, -0.1) is 11.3 Å². The van der Waals surface area contributed by atoms with Crippen molar-refractivity contribution in [1.82, 2.24) is 14.9 Å². The predicted molar refractivity (Wildman–Crippen MR) is 92.0 cm³/mol. The maximum atomic E-state index is 12.6. The minimum atomic E-state index is 0.130. The van der Waals surface area contributed by atoms with Crippen LogP contribution in [0.4, 0.5) is 0 Å². The van der Waals surface area contributed by atoms with Crippen molar-refractivity contribution in [3.05, 3.63) is 35.5 Å². The van der Waals surface area contributed by atoms with E-state index in [1.54, 1.807) is 6.20 Å². The van der Waals surface area contributed by atoms with Crippen molar-refractivity contribution >= 4 is 17.2 Å². The van der Waals surface area contributed by atoms with Crippen LogP contribution in [0.3, 0.4) is 0 Å². The molecule has 5 nitrogen and oxygen atoms in total. The van der Waals surface area contributed by atoms with E-state index < -0.39 is 0 Å². The van der Waals surface area contributed by atoms with Gasteiger partial charge >= 0.3 is 0 Å². The van der Waals surface area contributed by atoms with E-state index in [-0.39, 0.29) is 11.9 Å². The van der Waals surface area contributed by atoms with Gasteiger partial charge in [0.25, 0.3) is 0 Å². The fourth-order valence-corrected chi connectivity index (χ4v) is 3.85. The van der Waals surface area contributed by atoms with Gasteiger partial charge < -0.3 is 10.6 Å². The molecule has 1 aliphatic rings. The molecule has 2 aromatic heterocycles. The zero-order chi connectivity index (χ0) is 16.2. The standard InChI is InChI=1S/C17H22N4OS/c1-12-5-7-21(14(8-12)10-18)16(22)9-13-11-23-17(20-13)15-4-2-3-6-19-15/h2-4,6,11-12,14H,5,7-10,18H2,1H3. The van der Waals surface area contributed by atoms with Gasteiger partial charge in [0.15, 0.2) is 0 Å². The summed E-state index contributed by atoms with van der Waals surface area (Å²) in [4.78, 5) is 23.4. The lowest BCUT2D eigenvalue weighted by Crippen LogP contribution is -2.49. The summed E-state index contributed by atoms with van der Waals surface area (Å²) in [6, 6.07) is 5.92. The lowest BCUT2D eigenvalue weighted by Gasteiger charge is -2.38. The highest BCUT2D eigenvalue weighted by atomic mass is 32.1. The van der Waals surface area contributed by atoms with Crippen molar-refractivity contribution in [2.45, 2.75) is 32.2 Å². The summed E-state index contributed by atoms with van der Waals surface area (Å²) in [6.07, 6.45) is 4.15. The minimum absolute atomic E-state index is 0.130. The van der Waals surface area contributed by atoms with Gasteiger partial charge in [-0.2, -0.15) is 0 Å². The van der Waals surface area contributed by atoms with Gasteiger partial charge in [-0.1, -0.05) is 13.0 Å². The number of likely N-dealkylation sites (tertiary alicyclic amines) is 1. The van der Waals surface area contributed by atoms with Crippen molar-refractivity contribution in [2.75, 3.05) is 13.1 Å². The molecule has 1 fully saturated rings. The van der Waals surface area contributed by atoms with E-state index in [1.165, 1.54) is 11.3 Å². The molecule has 3 heterocycles. The Kier molecular flexibility index (Phi) is 5.03. The Morgan fingerprint density at radius 2 is 2.35 bits per heavy atom. The molecule has 23 heavy (non-hydrogen) atoms. The first kappa shape index (κ1) is 16.1. The Bertz CT molecular complexity index is 658. The van der Waals surface area contributed by atoms with E-state index in [9.17, 15) is 4.79 Å². The molecule has 0 aromatic carbocycles. The van der Waals surface area contributed by atoms with Crippen LogP contribution in [0.25, 0.3) is 10.7 Å². The van der Waals surface area contributed by atoms with Crippen molar-refractivity contribution < 1.29 is 4.79 Å². The van der Waals surface area contributed by atoms with Gasteiger partial charge in [-0.25, -0.2) is 4.98 Å². The molecular formula is C17H22N4OS. The number of rotatable bonds is 4. The number of pyridine rings is 1. The Morgan fingerprint density at radius 3 is 3.09 bits per heavy atom. The lowest BCUT2D eigenvalue weighted by molar-refractivity contribution is -0.134. The van der Waals surface area contributed by atoms with E-state index in [2.05, 4.69) is 16.9 Å². The fraction of sp³-hybridized carbons (Fsp3) is 0.471. The summed E-state index contributed by atoms with van der Waals surface area (Å²) in [5, 5.41) is 2.81. The topological polar surface area (TPSA) is 72.1 Å². The third-order valence-electron chi connectivity index (χ3n) is 4.34. The van der Waals surface area contributed by atoms with Crippen LogP contribution in [-0.4, -0.2) is 39.9 Å². The maximum Gasteiger partial charge on any atom is 0.228 e. The largest absolute Gasteiger partial charge is 0.338 e. The van der Waals surface area contributed by atoms with E-state index in [0.29, 0.717) is 18.9 Å². The molecule has 6 heteroatoms. The first-order chi connectivity index (χ1) is 11.2. The number of carbonyl (C=O) groups is 1. The van der Waals surface area contributed by atoms with Gasteiger partial charge in [0.1, 0.15) is 5.01 Å². The highest BCUT2D eigenvalue weighted by molar-refractivity contribution is 7.13. The van der Waals surface area contributed by atoms with Gasteiger partial charge in [-0.3, -0.25) is 9.78 Å². The zero-order valence-corrected chi connectivity index (χ0v) is 14.1. The SMILES string of the molecule is CC1CCN(C(=O)Cc2csc(-c3ccccn3)n2)C(CN)C1. The Hall–Kier alpha value is -1.79. The average molecular weight is 330 g/mol. The first-order valence-electron chi connectivity index (χ1n) is 8.02. The molecule has 0 radical (unpaired) electrons. The number of nitrogens with zero attached hydrogens (tertiary/aromatic N) is 3. The molecule has 0 aliphatic carbocycles. The van der Waals surface area contributed by atoms with Crippen LogP contribution in [0.5, 0.6) is 0 Å². The van der Waals surface area contributed by atoms with Crippen LogP contribution >= 0.6 is 11.3 Å². The summed E-state index contributed by atoms with van der Waals surface area (Å²) in [7, 11) is 0. The molecule has 2 N–H and O–H groups in total. The second-order valence-corrected chi connectivity index (χ2v) is 7.00. The Labute approximate surface area is 140 Å². The minimum Gasteiger partial charge on any atom is -0.338 e. The number of amides is 1. The molecule has 0 spiro atoms. The fourth-order valence-electron chi connectivity index (χ4n) is 3.05. The quantitative estimate of drug-likeness (QED) is 0.934. The molecule has 3 rings (SSSR count). The van der Waals surface area contributed by atoms with Gasteiger partial charge in [0.2, 0.25) is 5.91 Å². The molecule has 2 atom stereocenters. The van der Waals surface area contributed by atoms with E-state index in [0.717, 1.165) is 35.8 Å². The Morgan fingerprint density at radius 1 is 1.48 bits per heavy atom. The van der Waals surface area contributed by atoms with Crippen LogP contribution in [0.1, 0.15) is 25.5 Å². The van der Waals surface area contributed by atoms with E-state index in [4.69, 9.17) is 5.73 Å². The summed E-state index contributed by atoms with van der Waals surface area (Å²) >= 11 is 1.53. The average Bonchev–Trinajstić information content (AvgIpc) is 3.04. The van der Waals surface area contributed by atoms with Crippen LogP contribution < -0.4 is 5.73 Å². The van der Waals surface area contributed by atoms with Crippen molar-refractivity contribution in [1.29, 1.82) is 0 Å². The molecule has 122 valence electrons. The summed E-state index contributed by atoms with van der Waals surface area (Å²) in [6.45, 7) is 3.56. The number of thiazole rings is 1. The second kappa shape index (κ2) is 7.19. The van der Waals surface area contributed by atoms with Crippen molar-refractivity contribution in [3.8, 4) is 10.7 Å². The molecule has 1 amide bonds. The molecule has 0 bridgehead atoms. The third kappa shape index (κ3) is 3.76. The smallest absolute Gasteiger partial charge is 0.228 e. The Balaban J connectivity index is 1.67. The van der Waals surface area contributed by atoms with Crippen LogP contribution in [0.2, 0.25) is 0 Å². The number of hydrogen-bond acceptors (Lipinski definition) is 5. The van der Waals surface area contributed by atoms with Gasteiger partial charge in [0, 0.05) is 30.7 Å². The summed E-state index contributed by atoms with van der Waals surface area (Å²) in [5.74, 6) is 0.771. The number of nitrogens with two attached hydrogens (primary N) is 1. The highest BCUT2D eigenvalue weighted by Gasteiger charge is 2.29. The molecule has 0 saturated carbocycles. The summed E-state index contributed by atoms with van der Waals surface area (Å²) < 4.78 is 0. The van der Waals surface area contributed by atoms with E-state index >= 15 is 0 Å². The van der Waals surface area contributed by atoms with Gasteiger partial charge in [0.05, 0.1) is 17.8 Å². The predicted octanol–water partition coefficient (Wildman–Crippen LogP) is 2.33. The third-order valence-corrected chi connectivity index (χ3v) is 5.25. The first-order valence-corrected chi connectivity index (χ1v) is 8.90. The number of aromatic nitrogens is 2. The van der Waals surface area contributed by atoms with Crippen LogP contribution in [-0.2, 0) is 11.2 Å². The van der Waals surface area contributed by atoms with E-state index in [1.807, 2.05) is 28.5 Å². The monoisotopic (exact) mass is 330 g/mol. The molecule has 1 aliphatic heterocycles.